The third-order valence-corrected chi connectivity index (χ3v) is 6.31. The van der Waals surface area contributed by atoms with Crippen LogP contribution in [0.15, 0.2) is 24.3 Å². The Bertz CT molecular complexity index is 705. The molecular formula is C21H29FN2O4S. The zero-order valence-corrected chi connectivity index (χ0v) is 18.0. The molecule has 0 bridgehead atoms. The first-order valence-electron chi connectivity index (χ1n) is 9.85. The molecule has 2 amide bonds. The summed E-state index contributed by atoms with van der Waals surface area (Å²) in [6.45, 7) is 3.57. The molecule has 0 radical (unpaired) electrons. The van der Waals surface area contributed by atoms with Gasteiger partial charge < -0.3 is 15.0 Å². The molecule has 0 heterocycles. The molecule has 0 saturated heterocycles. The van der Waals surface area contributed by atoms with E-state index in [4.69, 9.17) is 4.74 Å². The molecule has 1 saturated carbocycles. The van der Waals surface area contributed by atoms with E-state index in [1.165, 1.54) is 24.3 Å². The van der Waals surface area contributed by atoms with Crippen LogP contribution in [0.4, 0.5) is 10.1 Å². The van der Waals surface area contributed by atoms with E-state index in [1.54, 1.807) is 18.9 Å². The van der Waals surface area contributed by atoms with Crippen LogP contribution in [0.1, 0.15) is 39.5 Å². The molecule has 1 aromatic rings. The predicted molar refractivity (Wildman–Crippen MR) is 112 cm³/mol. The fourth-order valence-electron chi connectivity index (χ4n) is 3.18. The first kappa shape index (κ1) is 23.2. The van der Waals surface area contributed by atoms with E-state index in [0.29, 0.717) is 11.6 Å². The van der Waals surface area contributed by atoms with Crippen LogP contribution < -0.4 is 5.32 Å². The van der Waals surface area contributed by atoms with Gasteiger partial charge in [-0.2, -0.15) is 0 Å². The number of benzene rings is 1. The highest BCUT2D eigenvalue weighted by atomic mass is 32.2. The molecule has 1 N–H and O–H groups in total. The molecule has 1 atom stereocenters. The SMILES string of the molecule is CC1CCC(N(C)C(=O)COC(=O)C(C)SCC(=O)Nc2ccc(F)cc2)CC1. The van der Waals surface area contributed by atoms with Crippen molar-refractivity contribution < 1.29 is 23.5 Å². The van der Waals surface area contributed by atoms with Gasteiger partial charge >= 0.3 is 5.97 Å². The number of hydrogen-bond donors (Lipinski definition) is 1. The number of anilines is 1. The van der Waals surface area contributed by atoms with Gasteiger partial charge in [-0.25, -0.2) is 4.39 Å². The average molecular weight is 425 g/mol. The number of esters is 1. The van der Waals surface area contributed by atoms with Crippen LogP contribution in [0.5, 0.6) is 0 Å². The van der Waals surface area contributed by atoms with E-state index >= 15 is 0 Å². The highest BCUT2D eigenvalue weighted by Gasteiger charge is 2.26. The Morgan fingerprint density at radius 2 is 1.83 bits per heavy atom. The topological polar surface area (TPSA) is 75.7 Å². The molecule has 0 spiro atoms. The fourth-order valence-corrected chi connectivity index (χ4v) is 3.86. The number of likely N-dealkylation sites (N-methyl/N-ethyl adjacent to an activating group) is 1. The third kappa shape index (κ3) is 7.68. The number of ether oxygens (including phenoxy) is 1. The number of carbonyl (C=O) groups excluding carboxylic acids is 3. The van der Waals surface area contributed by atoms with Crippen LogP contribution in [0.25, 0.3) is 0 Å². The van der Waals surface area contributed by atoms with E-state index < -0.39 is 11.2 Å². The van der Waals surface area contributed by atoms with Crippen LogP contribution in [0.2, 0.25) is 0 Å². The van der Waals surface area contributed by atoms with Crippen molar-refractivity contribution in [1.82, 2.24) is 4.90 Å². The van der Waals surface area contributed by atoms with Crippen molar-refractivity contribution in [2.75, 3.05) is 24.7 Å². The van der Waals surface area contributed by atoms with Crippen LogP contribution in [-0.4, -0.2) is 53.4 Å². The molecule has 6 nitrogen and oxygen atoms in total. The molecule has 1 fully saturated rings. The van der Waals surface area contributed by atoms with E-state index in [-0.39, 0.29) is 36.0 Å². The van der Waals surface area contributed by atoms with Crippen LogP contribution in [-0.2, 0) is 19.1 Å². The highest BCUT2D eigenvalue weighted by Crippen LogP contribution is 2.26. The Kier molecular flexibility index (Phi) is 8.95. The molecule has 1 aliphatic carbocycles. The van der Waals surface area contributed by atoms with Gasteiger partial charge in [-0.3, -0.25) is 14.4 Å². The van der Waals surface area contributed by atoms with Crippen molar-refractivity contribution in [3.05, 3.63) is 30.1 Å². The lowest BCUT2D eigenvalue weighted by molar-refractivity contribution is -0.152. The number of thioether (sulfide) groups is 1. The Labute approximate surface area is 175 Å². The number of halogens is 1. The summed E-state index contributed by atoms with van der Waals surface area (Å²) in [6, 6.07) is 5.64. The molecule has 1 aliphatic rings. The number of carbonyl (C=O) groups is 3. The quantitative estimate of drug-likeness (QED) is 0.647. The number of nitrogens with one attached hydrogen (secondary N) is 1. The van der Waals surface area contributed by atoms with Gasteiger partial charge in [0.25, 0.3) is 5.91 Å². The molecule has 2 rings (SSSR count). The Morgan fingerprint density at radius 1 is 1.21 bits per heavy atom. The fraction of sp³-hybridized carbons (Fsp3) is 0.571. The molecule has 1 aromatic carbocycles. The maximum absolute atomic E-state index is 12.9. The van der Waals surface area contributed by atoms with Crippen molar-refractivity contribution in [2.24, 2.45) is 5.92 Å². The van der Waals surface area contributed by atoms with Crippen molar-refractivity contribution in [1.29, 1.82) is 0 Å². The molecule has 160 valence electrons. The maximum Gasteiger partial charge on any atom is 0.319 e. The summed E-state index contributed by atoms with van der Waals surface area (Å²) in [7, 11) is 1.76. The van der Waals surface area contributed by atoms with Crippen molar-refractivity contribution in [3.8, 4) is 0 Å². The molecule has 8 heteroatoms. The lowest BCUT2D eigenvalue weighted by Gasteiger charge is -2.33. The summed E-state index contributed by atoms with van der Waals surface area (Å²) < 4.78 is 18.0. The molecule has 1 unspecified atom stereocenters. The lowest BCUT2D eigenvalue weighted by Crippen LogP contribution is -2.41. The first-order valence-corrected chi connectivity index (χ1v) is 10.9. The van der Waals surface area contributed by atoms with Gasteiger partial charge in [0.1, 0.15) is 11.1 Å². The summed E-state index contributed by atoms with van der Waals surface area (Å²) in [6.07, 6.45) is 4.17. The van der Waals surface area contributed by atoms with Crippen molar-refractivity contribution in [3.63, 3.8) is 0 Å². The van der Waals surface area contributed by atoms with Crippen LogP contribution >= 0.6 is 11.8 Å². The Balaban J connectivity index is 1.68. The van der Waals surface area contributed by atoms with Gasteiger partial charge in [-0.15, -0.1) is 11.8 Å². The summed E-state index contributed by atoms with van der Waals surface area (Å²) in [5, 5.41) is 2.05. The Hall–Kier alpha value is -2.09. The molecular weight excluding hydrogens is 395 g/mol. The second kappa shape index (κ2) is 11.2. The third-order valence-electron chi connectivity index (χ3n) is 5.19. The van der Waals surface area contributed by atoms with E-state index in [9.17, 15) is 18.8 Å². The smallest absolute Gasteiger partial charge is 0.319 e. The summed E-state index contributed by atoms with van der Waals surface area (Å²) >= 11 is 1.12. The van der Waals surface area contributed by atoms with Gasteiger partial charge in [0.2, 0.25) is 5.91 Å². The van der Waals surface area contributed by atoms with Gasteiger partial charge in [0.15, 0.2) is 6.61 Å². The van der Waals surface area contributed by atoms with Gasteiger partial charge in [-0.05, 0) is 62.8 Å². The van der Waals surface area contributed by atoms with Crippen LogP contribution in [0, 0.1) is 11.7 Å². The normalized spacial score (nSPS) is 19.9. The Morgan fingerprint density at radius 3 is 2.45 bits per heavy atom. The van der Waals surface area contributed by atoms with E-state index in [2.05, 4.69) is 12.2 Å². The second-order valence-electron chi connectivity index (χ2n) is 7.53. The molecule has 0 aliphatic heterocycles. The summed E-state index contributed by atoms with van der Waals surface area (Å²) in [5.41, 5.74) is 0.484. The summed E-state index contributed by atoms with van der Waals surface area (Å²) in [4.78, 5) is 38.0. The largest absolute Gasteiger partial charge is 0.455 e. The van der Waals surface area contributed by atoms with E-state index in [1.807, 2.05) is 0 Å². The van der Waals surface area contributed by atoms with Gasteiger partial charge in [0.05, 0.1) is 5.75 Å². The minimum absolute atomic E-state index is 0.0434. The minimum atomic E-state index is -0.581. The zero-order chi connectivity index (χ0) is 21.4. The molecule has 29 heavy (non-hydrogen) atoms. The predicted octanol–water partition coefficient (Wildman–Crippen LogP) is 3.47. The standard InChI is InChI=1S/C21H29FN2O4S/c1-14-4-10-18(11-5-14)24(3)20(26)12-28-21(27)15(2)29-13-19(25)23-17-8-6-16(22)7-9-17/h6-9,14-15,18H,4-5,10-13H2,1-3H3,(H,23,25). The first-order chi connectivity index (χ1) is 13.8. The monoisotopic (exact) mass is 424 g/mol. The maximum atomic E-state index is 12.9. The molecule has 0 aromatic heterocycles. The minimum Gasteiger partial charge on any atom is -0.455 e. The zero-order valence-electron chi connectivity index (χ0n) is 17.2. The number of rotatable bonds is 8. The van der Waals surface area contributed by atoms with Crippen molar-refractivity contribution >= 4 is 35.2 Å². The lowest BCUT2D eigenvalue weighted by atomic mass is 9.87. The number of nitrogens with zero attached hydrogens (tertiary/aromatic N) is 1. The van der Waals surface area contributed by atoms with Gasteiger partial charge in [0, 0.05) is 18.8 Å². The van der Waals surface area contributed by atoms with Gasteiger partial charge in [-0.1, -0.05) is 6.92 Å². The van der Waals surface area contributed by atoms with Crippen molar-refractivity contribution in [2.45, 2.75) is 50.8 Å². The summed E-state index contributed by atoms with van der Waals surface area (Å²) in [5.74, 6) is -0.670. The second-order valence-corrected chi connectivity index (χ2v) is 8.86. The number of hydrogen-bond acceptors (Lipinski definition) is 5. The van der Waals surface area contributed by atoms with Crippen LogP contribution in [0.3, 0.4) is 0 Å². The highest BCUT2D eigenvalue weighted by molar-refractivity contribution is 8.01. The van der Waals surface area contributed by atoms with E-state index in [0.717, 1.165) is 37.4 Å². The number of amides is 2. The average Bonchev–Trinajstić information content (AvgIpc) is 2.71.